The molecule has 0 aliphatic carbocycles. The van der Waals surface area contributed by atoms with E-state index in [0.717, 1.165) is 6.42 Å². The SMILES string of the molecule is CCC(Cl)Cl.[Al]. The van der Waals surface area contributed by atoms with Crippen LogP contribution < -0.4 is 0 Å². The van der Waals surface area contributed by atoms with Crippen LogP contribution in [0, 0.1) is 0 Å². The second kappa shape index (κ2) is 6.11. The summed E-state index contributed by atoms with van der Waals surface area (Å²) in [6.07, 6.45) is 0.836. The summed E-state index contributed by atoms with van der Waals surface area (Å²) in [6.45, 7) is 1.94. The van der Waals surface area contributed by atoms with Crippen LogP contribution >= 0.6 is 23.2 Å². The summed E-state index contributed by atoms with van der Waals surface area (Å²) in [5.41, 5.74) is 0. The third kappa shape index (κ3) is 8.93. The first kappa shape index (κ1) is 10.2. The normalized spacial score (nSPS) is 8.00. The van der Waals surface area contributed by atoms with E-state index in [2.05, 4.69) is 0 Å². The molecule has 0 aliphatic heterocycles. The maximum Gasteiger partial charge on any atom is 0.107 e. The van der Waals surface area contributed by atoms with Gasteiger partial charge in [-0.2, -0.15) is 0 Å². The van der Waals surface area contributed by atoms with Gasteiger partial charge < -0.3 is 0 Å². The van der Waals surface area contributed by atoms with Crippen LogP contribution in [0.4, 0.5) is 0 Å². The number of halogens is 2. The molecule has 0 atom stereocenters. The molecule has 0 aliphatic rings. The highest BCUT2D eigenvalue weighted by atomic mass is 35.5. The van der Waals surface area contributed by atoms with Crippen molar-refractivity contribution in [2.24, 2.45) is 0 Å². The van der Waals surface area contributed by atoms with Crippen LogP contribution in [0.15, 0.2) is 0 Å². The van der Waals surface area contributed by atoms with Crippen molar-refractivity contribution in [3.8, 4) is 0 Å². The lowest BCUT2D eigenvalue weighted by atomic mass is 10.6. The molecule has 0 spiro atoms. The molecule has 35 valence electrons. The van der Waals surface area contributed by atoms with Gasteiger partial charge in [0.1, 0.15) is 4.84 Å². The Hall–Kier alpha value is 1.11. The largest absolute Gasteiger partial charge is 0.107 e. The summed E-state index contributed by atoms with van der Waals surface area (Å²) < 4.78 is 0. The van der Waals surface area contributed by atoms with Crippen molar-refractivity contribution in [2.75, 3.05) is 0 Å². The van der Waals surface area contributed by atoms with Crippen molar-refractivity contribution in [3.63, 3.8) is 0 Å². The summed E-state index contributed by atoms with van der Waals surface area (Å²) in [6, 6.07) is 0. The zero-order valence-corrected chi connectivity index (χ0v) is 6.28. The molecular formula is C3H6AlCl2. The van der Waals surface area contributed by atoms with Crippen LogP contribution in [-0.2, 0) is 0 Å². The van der Waals surface area contributed by atoms with Gasteiger partial charge in [0.25, 0.3) is 0 Å². The minimum absolute atomic E-state index is 0. The van der Waals surface area contributed by atoms with Crippen molar-refractivity contribution in [1.82, 2.24) is 0 Å². The third-order valence-electron chi connectivity index (χ3n) is 0.309. The van der Waals surface area contributed by atoms with Crippen LogP contribution in [0.5, 0.6) is 0 Å². The molecular weight excluding hydrogens is 134 g/mol. The van der Waals surface area contributed by atoms with Gasteiger partial charge in [0.15, 0.2) is 0 Å². The fraction of sp³-hybridized carbons (Fsp3) is 1.00. The molecule has 0 saturated carbocycles. The summed E-state index contributed by atoms with van der Waals surface area (Å²) in [7, 11) is 0. The Morgan fingerprint density at radius 2 is 1.67 bits per heavy atom. The smallest absolute Gasteiger partial charge is 0.105 e. The van der Waals surface area contributed by atoms with E-state index in [1.54, 1.807) is 0 Å². The average Bonchev–Trinajstić information content (AvgIpc) is 1.38. The Labute approximate surface area is 58.9 Å². The fourth-order valence-corrected chi connectivity index (χ4v) is 0. The van der Waals surface area contributed by atoms with E-state index < -0.39 is 0 Å². The first-order valence-electron chi connectivity index (χ1n) is 1.55. The molecule has 0 aromatic carbocycles. The molecule has 0 rings (SSSR count). The van der Waals surface area contributed by atoms with E-state index in [4.69, 9.17) is 23.2 Å². The lowest BCUT2D eigenvalue weighted by Gasteiger charge is -1.84. The van der Waals surface area contributed by atoms with E-state index in [0.29, 0.717) is 0 Å². The number of alkyl halides is 2. The lowest BCUT2D eigenvalue weighted by molar-refractivity contribution is 1.04. The Morgan fingerprint density at radius 1 is 1.50 bits per heavy atom. The van der Waals surface area contributed by atoms with Crippen LogP contribution in [-0.4, -0.2) is 22.2 Å². The molecule has 0 nitrogen and oxygen atoms in total. The van der Waals surface area contributed by atoms with E-state index in [-0.39, 0.29) is 22.2 Å². The van der Waals surface area contributed by atoms with Gasteiger partial charge in [-0.15, -0.1) is 23.2 Å². The van der Waals surface area contributed by atoms with E-state index in [9.17, 15) is 0 Å². The van der Waals surface area contributed by atoms with Gasteiger partial charge in [-0.05, 0) is 6.42 Å². The topological polar surface area (TPSA) is 0 Å². The van der Waals surface area contributed by atoms with Gasteiger partial charge in [-0.25, -0.2) is 0 Å². The standard InChI is InChI=1S/C3H6Cl2.Al/c1-2-3(4)5;/h3H,2H2,1H3;. The minimum Gasteiger partial charge on any atom is -0.105 e. The lowest BCUT2D eigenvalue weighted by Crippen LogP contribution is -1.75. The molecule has 0 saturated heterocycles. The molecule has 0 N–H and O–H groups in total. The Balaban J connectivity index is 0. The summed E-state index contributed by atoms with van der Waals surface area (Å²) in [5, 5.41) is 0. The van der Waals surface area contributed by atoms with Crippen LogP contribution in [0.25, 0.3) is 0 Å². The van der Waals surface area contributed by atoms with Crippen LogP contribution in [0.3, 0.4) is 0 Å². The zero-order valence-electron chi connectivity index (χ0n) is 3.62. The maximum atomic E-state index is 5.23. The average molecular weight is 140 g/mol. The summed E-state index contributed by atoms with van der Waals surface area (Å²) in [4.78, 5) is -0.171. The summed E-state index contributed by atoms with van der Waals surface area (Å²) in [5.74, 6) is 0. The second-order valence-electron chi connectivity index (χ2n) is 0.799. The molecule has 0 fully saturated rings. The van der Waals surface area contributed by atoms with E-state index >= 15 is 0 Å². The number of hydrogen-bond donors (Lipinski definition) is 0. The minimum atomic E-state index is -0.171. The van der Waals surface area contributed by atoms with Gasteiger partial charge in [-0.3, -0.25) is 0 Å². The van der Waals surface area contributed by atoms with Crippen molar-refractivity contribution in [3.05, 3.63) is 0 Å². The predicted molar refractivity (Wildman–Crippen MR) is 31.5 cm³/mol. The Morgan fingerprint density at radius 3 is 1.67 bits per heavy atom. The Bertz CT molecular complexity index is 22.8. The molecule has 0 aromatic rings. The van der Waals surface area contributed by atoms with Gasteiger partial charge >= 0.3 is 0 Å². The first-order chi connectivity index (χ1) is 2.27. The highest BCUT2D eigenvalue weighted by Crippen LogP contribution is 2.03. The van der Waals surface area contributed by atoms with Crippen molar-refractivity contribution < 1.29 is 0 Å². The predicted octanol–water partition coefficient (Wildman–Crippen LogP) is 1.82. The number of hydrogen-bond acceptors (Lipinski definition) is 0. The summed E-state index contributed by atoms with van der Waals surface area (Å²) >= 11 is 10.5. The van der Waals surface area contributed by atoms with Gasteiger partial charge in [0.2, 0.25) is 0 Å². The molecule has 0 amide bonds. The van der Waals surface area contributed by atoms with Gasteiger partial charge in [0, 0.05) is 17.4 Å². The first-order valence-corrected chi connectivity index (χ1v) is 2.42. The molecule has 0 aromatic heterocycles. The monoisotopic (exact) mass is 139 g/mol. The highest BCUT2D eigenvalue weighted by molar-refractivity contribution is 6.44. The maximum absolute atomic E-state index is 5.23. The second-order valence-corrected chi connectivity index (χ2v) is 2.08. The van der Waals surface area contributed by atoms with Crippen LogP contribution in [0.1, 0.15) is 13.3 Å². The molecule has 3 heteroatoms. The van der Waals surface area contributed by atoms with Crippen molar-refractivity contribution in [1.29, 1.82) is 0 Å². The molecule has 0 unspecified atom stereocenters. The third-order valence-corrected chi connectivity index (χ3v) is 0.926. The molecule has 0 heterocycles. The highest BCUT2D eigenvalue weighted by Gasteiger charge is 1.86. The number of rotatable bonds is 1. The van der Waals surface area contributed by atoms with Crippen molar-refractivity contribution in [2.45, 2.75) is 18.2 Å². The van der Waals surface area contributed by atoms with Gasteiger partial charge in [0.05, 0.1) is 0 Å². The van der Waals surface area contributed by atoms with Gasteiger partial charge in [-0.1, -0.05) is 6.92 Å². The molecule has 6 heavy (non-hydrogen) atoms. The zero-order chi connectivity index (χ0) is 4.28. The molecule has 0 bridgehead atoms. The molecule has 3 radical (unpaired) electrons. The van der Waals surface area contributed by atoms with Crippen molar-refractivity contribution >= 4 is 40.6 Å². The van der Waals surface area contributed by atoms with E-state index in [1.807, 2.05) is 6.92 Å². The quantitative estimate of drug-likeness (QED) is 0.385. The van der Waals surface area contributed by atoms with Crippen LogP contribution in [0.2, 0.25) is 0 Å². The van der Waals surface area contributed by atoms with E-state index in [1.165, 1.54) is 0 Å². The fourth-order valence-electron chi connectivity index (χ4n) is 0. The Kier molecular flexibility index (Phi) is 10.4.